The first kappa shape index (κ1) is 28.9. The van der Waals surface area contributed by atoms with Crippen molar-refractivity contribution in [3.05, 3.63) is 103 Å². The Labute approximate surface area is 224 Å². The minimum Gasteiger partial charge on any atom is -0.497 e. The lowest BCUT2D eigenvalue weighted by atomic mass is 9.99. The third-order valence-corrected chi connectivity index (χ3v) is 12.0. The molecule has 37 heavy (non-hydrogen) atoms. The molecule has 3 aromatic rings. The Morgan fingerprint density at radius 2 is 1.43 bits per heavy atom. The highest BCUT2D eigenvalue weighted by Gasteiger charge is 2.50. The van der Waals surface area contributed by atoms with Crippen molar-refractivity contribution in [1.82, 2.24) is 0 Å². The zero-order valence-corrected chi connectivity index (χ0v) is 23.9. The summed E-state index contributed by atoms with van der Waals surface area (Å²) in [5.41, 5.74) is 1.04. The Bertz CT molecular complexity index is 1040. The van der Waals surface area contributed by atoms with E-state index in [0.717, 1.165) is 11.3 Å². The van der Waals surface area contributed by atoms with Gasteiger partial charge in [-0.2, -0.15) is 0 Å². The van der Waals surface area contributed by atoms with Crippen LogP contribution in [0, 0.1) is 5.92 Å². The molecule has 3 atom stereocenters. The third kappa shape index (κ3) is 7.20. The van der Waals surface area contributed by atoms with Crippen LogP contribution in [0.1, 0.15) is 39.7 Å². The lowest BCUT2D eigenvalue weighted by molar-refractivity contribution is -0.0283. The van der Waals surface area contributed by atoms with Gasteiger partial charge in [-0.3, -0.25) is 0 Å². The van der Waals surface area contributed by atoms with Crippen molar-refractivity contribution < 1.29 is 19.0 Å². The number of methoxy groups -OCH3 is 1. The Hall–Kier alpha value is -2.70. The highest BCUT2D eigenvalue weighted by Crippen LogP contribution is 2.37. The highest BCUT2D eigenvalue weighted by molar-refractivity contribution is 6.99. The van der Waals surface area contributed by atoms with E-state index in [4.69, 9.17) is 13.9 Å². The zero-order valence-electron chi connectivity index (χ0n) is 22.9. The molecule has 0 spiro atoms. The molecule has 0 aliphatic carbocycles. The topological polar surface area (TPSA) is 47.9 Å². The van der Waals surface area contributed by atoms with Gasteiger partial charge < -0.3 is 19.0 Å². The third-order valence-electron chi connectivity index (χ3n) is 7.03. The van der Waals surface area contributed by atoms with E-state index in [1.807, 2.05) is 43.3 Å². The SMILES string of the molecule is C=C[C@@H](C)[C@H](O)C[C@H](CO[Si](c1ccccc1)(c1ccccc1)C(C)(C)C)OCc1ccc(OC)cc1. The Morgan fingerprint density at radius 1 is 0.892 bits per heavy atom. The van der Waals surface area contributed by atoms with Gasteiger partial charge in [0.25, 0.3) is 8.32 Å². The van der Waals surface area contributed by atoms with Gasteiger partial charge in [0.05, 0.1) is 32.5 Å². The van der Waals surface area contributed by atoms with Crippen LogP contribution < -0.4 is 15.1 Å². The number of hydrogen-bond acceptors (Lipinski definition) is 4. The van der Waals surface area contributed by atoms with E-state index in [9.17, 15) is 5.11 Å². The van der Waals surface area contributed by atoms with Crippen molar-refractivity contribution in [1.29, 1.82) is 0 Å². The number of rotatable bonds is 13. The molecule has 5 heteroatoms. The number of hydrogen-bond donors (Lipinski definition) is 1. The van der Waals surface area contributed by atoms with Crippen LogP contribution in [0.25, 0.3) is 0 Å². The molecule has 0 heterocycles. The molecule has 0 aromatic heterocycles. The summed E-state index contributed by atoms with van der Waals surface area (Å²) in [4.78, 5) is 0. The second kappa shape index (κ2) is 13.2. The summed E-state index contributed by atoms with van der Waals surface area (Å²) in [5.74, 6) is 0.769. The summed E-state index contributed by atoms with van der Waals surface area (Å²) >= 11 is 0. The monoisotopic (exact) mass is 518 g/mol. The van der Waals surface area contributed by atoms with Gasteiger partial charge in [0, 0.05) is 6.42 Å². The fraction of sp³-hybridized carbons (Fsp3) is 0.375. The molecule has 0 saturated heterocycles. The Balaban J connectivity index is 1.92. The molecule has 0 amide bonds. The van der Waals surface area contributed by atoms with Crippen molar-refractivity contribution in [3.63, 3.8) is 0 Å². The molecule has 4 nitrogen and oxygen atoms in total. The molecular weight excluding hydrogens is 476 g/mol. The summed E-state index contributed by atoms with van der Waals surface area (Å²) in [6, 6.07) is 29.0. The molecule has 0 fully saturated rings. The maximum atomic E-state index is 10.9. The van der Waals surface area contributed by atoms with E-state index in [1.54, 1.807) is 13.2 Å². The average Bonchev–Trinajstić information content (AvgIpc) is 2.92. The minimum absolute atomic E-state index is 0.0417. The van der Waals surface area contributed by atoms with E-state index in [1.165, 1.54) is 10.4 Å². The van der Waals surface area contributed by atoms with E-state index in [2.05, 4.69) is 75.9 Å². The van der Waals surface area contributed by atoms with Crippen LogP contribution in [0.5, 0.6) is 5.75 Å². The standard InChI is InChI=1S/C32H42O4Si/c1-7-25(2)31(33)22-28(35-23-26-18-20-27(34-6)21-19-26)24-36-37(32(3,4)5,29-14-10-8-11-15-29)30-16-12-9-13-17-30/h7-21,25,28,31,33H,1,22-24H2,2-6H3/t25-,28-,31-/m1/s1. The molecule has 3 aromatic carbocycles. The van der Waals surface area contributed by atoms with Crippen LogP contribution in [0.2, 0.25) is 5.04 Å². The predicted molar refractivity (Wildman–Crippen MR) is 155 cm³/mol. The second-order valence-electron chi connectivity index (χ2n) is 10.7. The summed E-state index contributed by atoms with van der Waals surface area (Å²) in [6.45, 7) is 13.4. The van der Waals surface area contributed by atoms with E-state index in [-0.39, 0.29) is 17.1 Å². The molecule has 0 unspecified atom stereocenters. The first-order valence-electron chi connectivity index (χ1n) is 13.0. The Kier molecular flexibility index (Phi) is 10.3. The molecule has 0 aliphatic heterocycles. The summed E-state index contributed by atoms with van der Waals surface area (Å²) in [7, 11) is -1.06. The molecular formula is C32H42O4Si. The van der Waals surface area contributed by atoms with Gasteiger partial charge in [-0.25, -0.2) is 0 Å². The lowest BCUT2D eigenvalue weighted by Gasteiger charge is -2.43. The fourth-order valence-electron chi connectivity index (χ4n) is 4.74. The summed E-state index contributed by atoms with van der Waals surface area (Å²) in [5, 5.41) is 13.2. The van der Waals surface area contributed by atoms with Crippen LogP contribution in [-0.4, -0.2) is 39.3 Å². The van der Waals surface area contributed by atoms with Gasteiger partial charge in [0.1, 0.15) is 5.75 Å². The molecule has 0 saturated carbocycles. The molecule has 0 bridgehead atoms. The van der Waals surface area contributed by atoms with Crippen LogP contribution in [0.4, 0.5) is 0 Å². The van der Waals surface area contributed by atoms with Gasteiger partial charge in [0.15, 0.2) is 0 Å². The molecule has 3 rings (SSSR count). The Morgan fingerprint density at radius 3 is 1.89 bits per heavy atom. The molecule has 0 radical (unpaired) electrons. The van der Waals surface area contributed by atoms with Crippen LogP contribution in [-0.2, 0) is 15.8 Å². The smallest absolute Gasteiger partial charge is 0.261 e. The van der Waals surface area contributed by atoms with E-state index < -0.39 is 14.4 Å². The van der Waals surface area contributed by atoms with Crippen molar-refractivity contribution in [2.75, 3.05) is 13.7 Å². The summed E-state index contributed by atoms with van der Waals surface area (Å²) < 4.78 is 18.8. The minimum atomic E-state index is -2.72. The second-order valence-corrected chi connectivity index (χ2v) is 15.0. The van der Waals surface area contributed by atoms with Gasteiger partial charge in [-0.05, 0) is 39.0 Å². The van der Waals surface area contributed by atoms with Gasteiger partial charge in [-0.15, -0.1) is 6.58 Å². The quantitative estimate of drug-likeness (QED) is 0.232. The first-order chi connectivity index (χ1) is 17.7. The van der Waals surface area contributed by atoms with Crippen LogP contribution >= 0.6 is 0 Å². The molecule has 0 aliphatic rings. The van der Waals surface area contributed by atoms with Crippen molar-refractivity contribution >= 4 is 18.7 Å². The summed E-state index contributed by atoms with van der Waals surface area (Å²) in [6.07, 6.45) is 1.39. The molecule has 198 valence electrons. The average molecular weight is 519 g/mol. The number of aliphatic hydroxyl groups excluding tert-OH is 1. The maximum absolute atomic E-state index is 10.9. The fourth-order valence-corrected chi connectivity index (χ4v) is 9.33. The van der Waals surface area contributed by atoms with E-state index >= 15 is 0 Å². The van der Waals surface area contributed by atoms with Gasteiger partial charge >= 0.3 is 0 Å². The van der Waals surface area contributed by atoms with Crippen LogP contribution in [0.3, 0.4) is 0 Å². The maximum Gasteiger partial charge on any atom is 0.261 e. The van der Waals surface area contributed by atoms with Crippen molar-refractivity contribution in [2.45, 2.75) is 58.0 Å². The first-order valence-corrected chi connectivity index (χ1v) is 14.9. The van der Waals surface area contributed by atoms with Crippen LogP contribution in [0.15, 0.2) is 97.6 Å². The van der Waals surface area contributed by atoms with Gasteiger partial charge in [0.2, 0.25) is 0 Å². The largest absolute Gasteiger partial charge is 0.497 e. The lowest BCUT2D eigenvalue weighted by Crippen LogP contribution is -2.67. The number of benzene rings is 3. The predicted octanol–water partition coefficient (Wildman–Crippen LogP) is 5.73. The molecule has 1 N–H and O–H groups in total. The number of aliphatic hydroxyl groups is 1. The zero-order chi connectivity index (χ0) is 26.9. The normalized spacial score (nSPS) is 14.5. The van der Waals surface area contributed by atoms with Crippen molar-refractivity contribution in [3.8, 4) is 5.75 Å². The highest BCUT2D eigenvalue weighted by atomic mass is 28.4. The van der Waals surface area contributed by atoms with Crippen molar-refractivity contribution in [2.24, 2.45) is 5.92 Å². The number of ether oxygens (including phenoxy) is 2. The van der Waals surface area contributed by atoms with Gasteiger partial charge in [-0.1, -0.05) is 107 Å². The van der Waals surface area contributed by atoms with E-state index in [0.29, 0.717) is 19.6 Å².